The minimum Gasteiger partial charge on any atom is -0.445 e. The van der Waals surface area contributed by atoms with E-state index in [1.165, 1.54) is 0 Å². The van der Waals surface area contributed by atoms with Crippen molar-refractivity contribution >= 4 is 16.2 Å². The van der Waals surface area contributed by atoms with Gasteiger partial charge in [0.1, 0.15) is 6.61 Å². The van der Waals surface area contributed by atoms with Gasteiger partial charge in [-0.1, -0.05) is 67.8 Å². The quantitative estimate of drug-likeness (QED) is 0.391. The summed E-state index contributed by atoms with van der Waals surface area (Å²) in [6.07, 6.45) is 4.53. The summed E-state index contributed by atoms with van der Waals surface area (Å²) in [7, 11) is -3.70. The van der Waals surface area contributed by atoms with E-state index in [4.69, 9.17) is 8.92 Å². The number of ether oxygens (including phenoxy) is 1. The van der Waals surface area contributed by atoms with Crippen molar-refractivity contribution < 1.29 is 22.1 Å². The summed E-state index contributed by atoms with van der Waals surface area (Å²) in [5, 5.41) is 2.86. The van der Waals surface area contributed by atoms with Crippen molar-refractivity contribution in [2.24, 2.45) is 17.8 Å². The Balaban J connectivity index is 1.35. The fourth-order valence-electron chi connectivity index (χ4n) is 4.34. The van der Waals surface area contributed by atoms with Crippen molar-refractivity contribution in [3.63, 3.8) is 0 Å². The zero-order valence-corrected chi connectivity index (χ0v) is 20.4. The third-order valence-electron chi connectivity index (χ3n) is 6.28. The Labute approximate surface area is 197 Å². The highest BCUT2D eigenvalue weighted by Crippen LogP contribution is 2.49. The maximum absolute atomic E-state index is 12.3. The molecule has 1 amide bonds. The lowest BCUT2D eigenvalue weighted by atomic mass is 9.92. The summed E-state index contributed by atoms with van der Waals surface area (Å²) in [6.45, 7) is 5.14. The minimum absolute atomic E-state index is 0.203. The SMILES string of the molecule is CCCC(CCNC(=O)OCc1ccccc1)[C@H]1C[C@H]1CCOS(=O)(=O)c1ccc(C)cc1. The molecule has 0 aromatic heterocycles. The molecule has 3 rings (SSSR count). The van der Waals surface area contributed by atoms with E-state index in [1.54, 1.807) is 24.3 Å². The largest absolute Gasteiger partial charge is 0.445 e. The van der Waals surface area contributed by atoms with Crippen LogP contribution in [0.3, 0.4) is 0 Å². The molecular formula is C26H35NO5S. The average molecular weight is 474 g/mol. The van der Waals surface area contributed by atoms with Crippen molar-refractivity contribution in [2.45, 2.75) is 57.5 Å². The number of rotatable bonds is 13. The van der Waals surface area contributed by atoms with Gasteiger partial charge >= 0.3 is 6.09 Å². The van der Waals surface area contributed by atoms with E-state index in [0.717, 1.165) is 43.2 Å². The van der Waals surface area contributed by atoms with Gasteiger partial charge in [-0.2, -0.15) is 8.42 Å². The molecule has 7 heteroatoms. The second-order valence-corrected chi connectivity index (χ2v) is 10.5. The van der Waals surface area contributed by atoms with Gasteiger partial charge in [-0.3, -0.25) is 4.18 Å². The van der Waals surface area contributed by atoms with Crippen molar-refractivity contribution in [3.8, 4) is 0 Å². The number of hydrogen-bond donors (Lipinski definition) is 1. The molecule has 1 saturated carbocycles. The van der Waals surface area contributed by atoms with Gasteiger partial charge in [0.25, 0.3) is 10.1 Å². The first-order valence-corrected chi connectivity index (χ1v) is 13.2. The molecule has 0 saturated heterocycles. The van der Waals surface area contributed by atoms with E-state index in [1.807, 2.05) is 37.3 Å². The van der Waals surface area contributed by atoms with E-state index < -0.39 is 16.2 Å². The van der Waals surface area contributed by atoms with Gasteiger partial charge in [0.05, 0.1) is 11.5 Å². The first-order valence-electron chi connectivity index (χ1n) is 11.8. The Hall–Kier alpha value is -2.38. The number of nitrogens with one attached hydrogen (secondary N) is 1. The molecule has 0 aliphatic heterocycles. The molecule has 33 heavy (non-hydrogen) atoms. The molecule has 1 aliphatic carbocycles. The topological polar surface area (TPSA) is 81.7 Å². The predicted molar refractivity (Wildman–Crippen MR) is 128 cm³/mol. The van der Waals surface area contributed by atoms with Crippen molar-refractivity contribution in [2.75, 3.05) is 13.2 Å². The fourth-order valence-corrected chi connectivity index (χ4v) is 5.26. The Morgan fingerprint density at radius 2 is 1.82 bits per heavy atom. The highest BCUT2D eigenvalue weighted by molar-refractivity contribution is 7.86. The summed E-state index contributed by atoms with van der Waals surface area (Å²) in [6, 6.07) is 16.3. The lowest BCUT2D eigenvalue weighted by Crippen LogP contribution is -2.27. The molecule has 6 nitrogen and oxygen atoms in total. The van der Waals surface area contributed by atoms with Crippen LogP contribution in [-0.4, -0.2) is 27.7 Å². The van der Waals surface area contributed by atoms with Crippen LogP contribution in [-0.2, 0) is 25.6 Å². The molecule has 0 radical (unpaired) electrons. The van der Waals surface area contributed by atoms with Gasteiger partial charge in [0.2, 0.25) is 0 Å². The third-order valence-corrected chi connectivity index (χ3v) is 7.60. The summed E-state index contributed by atoms with van der Waals surface area (Å²) in [5.41, 5.74) is 1.97. The standard InChI is InChI=1S/C26H35NO5S/c1-3-7-22(14-16-27-26(28)31-19-21-8-5-4-6-9-21)25-18-23(25)15-17-32-33(29,30)24-12-10-20(2)11-13-24/h4-6,8-13,22-23,25H,3,7,14-19H2,1-2H3,(H,27,28)/t22?,23-,25-/m1/s1. The van der Waals surface area contributed by atoms with Gasteiger partial charge in [0, 0.05) is 6.54 Å². The number of carbonyl (C=O) groups excluding carboxylic acids is 1. The van der Waals surface area contributed by atoms with Gasteiger partial charge in [-0.25, -0.2) is 4.79 Å². The van der Waals surface area contributed by atoms with Crippen molar-refractivity contribution in [1.82, 2.24) is 5.32 Å². The number of aryl methyl sites for hydroxylation is 1. The normalized spacial score (nSPS) is 18.5. The van der Waals surface area contributed by atoms with Crippen LogP contribution in [0.4, 0.5) is 4.79 Å². The molecule has 1 unspecified atom stereocenters. The maximum atomic E-state index is 12.3. The third kappa shape index (κ3) is 8.16. The van der Waals surface area contributed by atoms with Crippen molar-refractivity contribution in [3.05, 3.63) is 65.7 Å². The molecule has 0 heterocycles. The number of amides is 1. The van der Waals surface area contributed by atoms with Crippen LogP contribution in [0.2, 0.25) is 0 Å². The molecule has 2 aromatic rings. The fraction of sp³-hybridized carbons (Fsp3) is 0.500. The first kappa shape index (κ1) is 25.2. The lowest BCUT2D eigenvalue weighted by molar-refractivity contribution is 0.138. The van der Waals surface area contributed by atoms with E-state index in [-0.39, 0.29) is 18.1 Å². The van der Waals surface area contributed by atoms with Crippen LogP contribution in [0.15, 0.2) is 59.5 Å². The van der Waals surface area contributed by atoms with Gasteiger partial charge in [0.15, 0.2) is 0 Å². The highest BCUT2D eigenvalue weighted by Gasteiger charge is 2.41. The van der Waals surface area contributed by atoms with Crippen LogP contribution in [0.1, 0.15) is 50.2 Å². The lowest BCUT2D eigenvalue weighted by Gasteiger charge is -2.17. The van der Waals surface area contributed by atoms with Gasteiger partial charge in [-0.05, 0) is 61.6 Å². The Kier molecular flexibility index (Phi) is 9.32. The Bertz CT molecular complexity index is 976. The molecule has 0 spiro atoms. The monoisotopic (exact) mass is 473 g/mol. The summed E-state index contributed by atoms with van der Waals surface area (Å²) in [5.74, 6) is 1.57. The van der Waals surface area contributed by atoms with E-state index in [9.17, 15) is 13.2 Å². The summed E-state index contributed by atoms with van der Waals surface area (Å²) >= 11 is 0. The molecule has 1 fully saturated rings. The number of benzene rings is 2. The highest BCUT2D eigenvalue weighted by atomic mass is 32.2. The van der Waals surface area contributed by atoms with Crippen LogP contribution in [0, 0.1) is 24.7 Å². The van der Waals surface area contributed by atoms with Crippen LogP contribution in [0.25, 0.3) is 0 Å². The first-order chi connectivity index (χ1) is 15.9. The number of hydrogen-bond acceptors (Lipinski definition) is 5. The minimum atomic E-state index is -3.70. The van der Waals surface area contributed by atoms with Crippen molar-refractivity contribution in [1.29, 1.82) is 0 Å². The Morgan fingerprint density at radius 3 is 2.52 bits per heavy atom. The maximum Gasteiger partial charge on any atom is 0.407 e. The second-order valence-electron chi connectivity index (χ2n) is 8.86. The smallest absolute Gasteiger partial charge is 0.407 e. The van der Waals surface area contributed by atoms with Crippen LogP contribution >= 0.6 is 0 Å². The average Bonchev–Trinajstić information content (AvgIpc) is 3.57. The van der Waals surface area contributed by atoms with Crippen LogP contribution < -0.4 is 5.32 Å². The van der Waals surface area contributed by atoms with E-state index in [2.05, 4.69) is 12.2 Å². The zero-order valence-electron chi connectivity index (χ0n) is 19.5. The molecule has 2 aromatic carbocycles. The molecule has 1 N–H and O–H groups in total. The van der Waals surface area contributed by atoms with Gasteiger partial charge < -0.3 is 10.1 Å². The predicted octanol–water partition coefficient (Wildman–Crippen LogP) is 5.46. The van der Waals surface area contributed by atoms with E-state index >= 15 is 0 Å². The van der Waals surface area contributed by atoms with Gasteiger partial charge in [-0.15, -0.1) is 0 Å². The van der Waals surface area contributed by atoms with E-state index in [0.29, 0.717) is 24.3 Å². The molecule has 3 atom stereocenters. The second kappa shape index (κ2) is 12.2. The molecule has 1 aliphatic rings. The summed E-state index contributed by atoms with van der Waals surface area (Å²) < 4.78 is 35.2. The van der Waals surface area contributed by atoms with Crippen LogP contribution in [0.5, 0.6) is 0 Å². The summed E-state index contributed by atoms with van der Waals surface area (Å²) in [4.78, 5) is 12.2. The number of carbonyl (C=O) groups is 1. The number of alkyl carbamates (subject to hydrolysis) is 1. The zero-order chi connectivity index (χ0) is 23.7. The Morgan fingerprint density at radius 1 is 1.09 bits per heavy atom. The molecule has 0 bridgehead atoms. The molecule has 180 valence electrons. The molecular weight excluding hydrogens is 438 g/mol.